The monoisotopic (exact) mass is 486 g/mol. The first-order chi connectivity index (χ1) is 17.4. The maximum atomic E-state index is 12.7. The van der Waals surface area contributed by atoms with E-state index in [1.54, 1.807) is 12.1 Å². The van der Waals surface area contributed by atoms with Gasteiger partial charge in [-0.25, -0.2) is 4.98 Å². The van der Waals surface area contributed by atoms with Crippen LogP contribution < -0.4 is 10.2 Å². The lowest BCUT2D eigenvalue weighted by molar-refractivity contribution is -0.384. The normalized spacial score (nSPS) is 13.7. The van der Waals surface area contributed by atoms with Crippen LogP contribution in [-0.4, -0.2) is 42.1 Å². The summed E-state index contributed by atoms with van der Waals surface area (Å²) in [4.78, 5) is 30.4. The number of ether oxygens (including phenoxy) is 1. The van der Waals surface area contributed by atoms with E-state index in [-0.39, 0.29) is 23.7 Å². The van der Waals surface area contributed by atoms with Gasteiger partial charge < -0.3 is 19.4 Å². The Bertz CT molecular complexity index is 1400. The summed E-state index contributed by atoms with van der Waals surface area (Å²) in [7, 11) is 0. The van der Waals surface area contributed by atoms with Gasteiger partial charge in [-0.05, 0) is 66.9 Å². The Hall–Kier alpha value is -4.24. The number of rotatable bonds is 6. The van der Waals surface area contributed by atoms with Crippen LogP contribution in [0.25, 0.3) is 22.6 Å². The van der Waals surface area contributed by atoms with E-state index in [1.165, 1.54) is 6.07 Å². The highest BCUT2D eigenvalue weighted by atomic mass is 16.6. The standard InChI is InChI=1S/C27H26N4O5/c1-17-13-22-25(14-18(17)2)36-27(29-22)20-5-3-19(4-6-20)16-28-26(32)21-7-8-23(24(15-21)31(33)34)30-9-11-35-12-10-30/h3-8,13-15H,9-12,16H2,1-2H3,(H,28,32). The van der Waals surface area contributed by atoms with E-state index in [4.69, 9.17) is 9.15 Å². The number of nitrogens with zero attached hydrogens (tertiary/aromatic N) is 3. The van der Waals surface area contributed by atoms with Crippen LogP contribution in [0.1, 0.15) is 27.0 Å². The van der Waals surface area contributed by atoms with Crippen molar-refractivity contribution in [3.63, 3.8) is 0 Å². The first-order valence-electron chi connectivity index (χ1n) is 11.8. The number of carbonyl (C=O) groups is 1. The molecule has 1 amide bonds. The minimum absolute atomic E-state index is 0.0855. The number of morpholine rings is 1. The fourth-order valence-electron chi connectivity index (χ4n) is 4.24. The molecule has 1 aliphatic heterocycles. The number of nitro groups is 1. The molecule has 1 N–H and O–H groups in total. The number of oxazole rings is 1. The molecule has 1 saturated heterocycles. The van der Waals surface area contributed by atoms with Gasteiger partial charge in [-0.1, -0.05) is 12.1 Å². The van der Waals surface area contributed by atoms with Crippen LogP contribution in [-0.2, 0) is 11.3 Å². The molecule has 1 aromatic heterocycles. The van der Waals surface area contributed by atoms with Crippen LogP contribution in [0.4, 0.5) is 11.4 Å². The summed E-state index contributed by atoms with van der Waals surface area (Å²) in [6.07, 6.45) is 0. The van der Waals surface area contributed by atoms with Gasteiger partial charge in [0.05, 0.1) is 18.1 Å². The third-order valence-electron chi connectivity index (χ3n) is 6.44. The molecule has 2 heterocycles. The highest BCUT2D eigenvalue weighted by molar-refractivity contribution is 5.95. The van der Waals surface area contributed by atoms with E-state index in [0.717, 1.165) is 33.4 Å². The molecule has 36 heavy (non-hydrogen) atoms. The van der Waals surface area contributed by atoms with Gasteiger partial charge in [-0.2, -0.15) is 0 Å². The molecular formula is C27H26N4O5. The second kappa shape index (κ2) is 9.79. The van der Waals surface area contributed by atoms with Gasteiger partial charge in [0.1, 0.15) is 11.2 Å². The number of carbonyl (C=O) groups excluding carboxylic acids is 1. The zero-order chi connectivity index (χ0) is 25.2. The lowest BCUT2D eigenvalue weighted by Crippen LogP contribution is -2.36. The highest BCUT2D eigenvalue weighted by Gasteiger charge is 2.23. The summed E-state index contributed by atoms with van der Waals surface area (Å²) >= 11 is 0. The smallest absolute Gasteiger partial charge is 0.293 e. The molecule has 0 radical (unpaired) electrons. The molecule has 9 heteroatoms. The van der Waals surface area contributed by atoms with Gasteiger partial charge in [-0.15, -0.1) is 0 Å². The summed E-state index contributed by atoms with van der Waals surface area (Å²) in [5.41, 5.74) is 6.26. The largest absolute Gasteiger partial charge is 0.436 e. The number of hydrogen-bond acceptors (Lipinski definition) is 7. The van der Waals surface area contributed by atoms with E-state index in [1.807, 2.05) is 55.1 Å². The molecule has 0 atom stereocenters. The molecular weight excluding hydrogens is 460 g/mol. The maximum Gasteiger partial charge on any atom is 0.293 e. The van der Waals surface area contributed by atoms with Gasteiger partial charge in [0.2, 0.25) is 5.89 Å². The Balaban J connectivity index is 1.27. The number of hydrogen-bond donors (Lipinski definition) is 1. The number of aryl methyl sites for hydroxylation is 2. The van der Waals surface area contributed by atoms with Crippen LogP contribution in [0.15, 0.2) is 59.0 Å². The summed E-state index contributed by atoms with van der Waals surface area (Å²) < 4.78 is 11.3. The predicted molar refractivity (Wildman–Crippen MR) is 136 cm³/mol. The summed E-state index contributed by atoms with van der Waals surface area (Å²) in [5, 5.41) is 14.5. The Morgan fingerprint density at radius 2 is 1.78 bits per heavy atom. The van der Waals surface area contributed by atoms with Gasteiger partial charge in [-0.3, -0.25) is 14.9 Å². The fourth-order valence-corrected chi connectivity index (χ4v) is 4.24. The van der Waals surface area contributed by atoms with Crippen molar-refractivity contribution in [1.29, 1.82) is 0 Å². The minimum Gasteiger partial charge on any atom is -0.436 e. The molecule has 0 bridgehead atoms. The van der Waals surface area contributed by atoms with Crippen LogP contribution in [0, 0.1) is 24.0 Å². The molecule has 1 aliphatic rings. The van der Waals surface area contributed by atoms with E-state index in [9.17, 15) is 14.9 Å². The first-order valence-corrected chi connectivity index (χ1v) is 11.8. The molecule has 184 valence electrons. The zero-order valence-electron chi connectivity index (χ0n) is 20.1. The second-order valence-corrected chi connectivity index (χ2v) is 8.86. The van der Waals surface area contributed by atoms with E-state index >= 15 is 0 Å². The Morgan fingerprint density at radius 3 is 2.50 bits per heavy atom. The van der Waals surface area contributed by atoms with Crippen LogP contribution in [0.3, 0.4) is 0 Å². The van der Waals surface area contributed by atoms with Crippen LogP contribution >= 0.6 is 0 Å². The average Bonchev–Trinajstić information content (AvgIpc) is 3.30. The van der Waals surface area contributed by atoms with Crippen molar-refractivity contribution < 1.29 is 18.9 Å². The topological polar surface area (TPSA) is 111 Å². The molecule has 0 aliphatic carbocycles. The second-order valence-electron chi connectivity index (χ2n) is 8.86. The van der Waals surface area contributed by atoms with E-state index in [0.29, 0.717) is 37.9 Å². The highest BCUT2D eigenvalue weighted by Crippen LogP contribution is 2.30. The molecule has 0 spiro atoms. The molecule has 0 saturated carbocycles. The average molecular weight is 487 g/mol. The van der Waals surface area contributed by atoms with Gasteiger partial charge in [0, 0.05) is 36.8 Å². The first kappa shape index (κ1) is 23.5. The Labute approximate surface area is 207 Å². The number of benzene rings is 3. The van der Waals surface area contributed by atoms with Crippen molar-refractivity contribution in [2.45, 2.75) is 20.4 Å². The molecule has 0 unspecified atom stereocenters. The van der Waals surface area contributed by atoms with Gasteiger partial charge in [0.15, 0.2) is 5.58 Å². The van der Waals surface area contributed by atoms with Crippen molar-refractivity contribution >= 4 is 28.4 Å². The number of anilines is 1. The van der Waals surface area contributed by atoms with Crippen molar-refractivity contribution in [3.05, 3.63) is 87.0 Å². The molecule has 4 aromatic rings. The maximum absolute atomic E-state index is 12.7. The lowest BCUT2D eigenvalue weighted by atomic mass is 10.1. The number of amides is 1. The van der Waals surface area contributed by atoms with Gasteiger partial charge in [0.25, 0.3) is 11.6 Å². The van der Waals surface area contributed by atoms with Crippen molar-refractivity contribution in [3.8, 4) is 11.5 Å². The number of fused-ring (bicyclic) bond motifs is 1. The quantitative estimate of drug-likeness (QED) is 0.308. The van der Waals surface area contributed by atoms with Crippen LogP contribution in [0.2, 0.25) is 0 Å². The Morgan fingerprint density at radius 1 is 1.06 bits per heavy atom. The SMILES string of the molecule is Cc1cc2nc(-c3ccc(CNC(=O)c4ccc(N5CCOCC5)c([N+](=O)[O-])c4)cc3)oc2cc1C. The van der Waals surface area contributed by atoms with E-state index in [2.05, 4.69) is 10.3 Å². The van der Waals surface area contributed by atoms with Crippen LogP contribution in [0.5, 0.6) is 0 Å². The lowest BCUT2D eigenvalue weighted by Gasteiger charge is -2.28. The summed E-state index contributed by atoms with van der Waals surface area (Å²) in [6.45, 7) is 6.55. The molecule has 9 nitrogen and oxygen atoms in total. The molecule has 3 aromatic carbocycles. The predicted octanol–water partition coefficient (Wildman–Crippen LogP) is 4.79. The number of nitro benzene ring substituents is 1. The van der Waals surface area contributed by atoms with Crippen molar-refractivity contribution in [1.82, 2.24) is 10.3 Å². The van der Waals surface area contributed by atoms with E-state index < -0.39 is 4.92 Å². The molecule has 1 fully saturated rings. The number of aromatic nitrogens is 1. The minimum atomic E-state index is -0.449. The summed E-state index contributed by atoms with van der Waals surface area (Å²) in [6, 6.07) is 16.2. The Kier molecular flexibility index (Phi) is 6.39. The van der Waals surface area contributed by atoms with Gasteiger partial charge >= 0.3 is 0 Å². The third-order valence-corrected chi connectivity index (χ3v) is 6.44. The third kappa shape index (κ3) is 4.78. The van der Waals surface area contributed by atoms with Crippen molar-refractivity contribution in [2.75, 3.05) is 31.2 Å². The zero-order valence-corrected chi connectivity index (χ0v) is 20.1. The summed E-state index contributed by atoms with van der Waals surface area (Å²) in [5.74, 6) is 0.165. The number of nitrogens with one attached hydrogen (secondary N) is 1. The molecule has 5 rings (SSSR count). The fraction of sp³-hybridized carbons (Fsp3) is 0.259. The van der Waals surface area contributed by atoms with Crippen molar-refractivity contribution in [2.24, 2.45) is 0 Å².